The van der Waals surface area contributed by atoms with Crippen LogP contribution in [0.1, 0.15) is 0 Å². The number of nitrogens with one attached hydrogen (secondary N) is 1. The van der Waals surface area contributed by atoms with Gasteiger partial charge in [0.05, 0.1) is 21.5 Å². The smallest absolute Gasteiger partial charge is 0.266 e. The van der Waals surface area contributed by atoms with Gasteiger partial charge in [-0.05, 0) is 24.3 Å². The lowest BCUT2D eigenvalue weighted by Crippen LogP contribution is -2.31. The fourth-order valence-corrected chi connectivity index (χ4v) is 2.98. The molecule has 0 aliphatic rings. The second-order valence-corrected chi connectivity index (χ2v) is 6.64. The standard InChI is InChI=1S/C12H11Cl2N3O3S/c13-10-4-3-9(8-11(10)14)21(19,20)16-6-7-17-12(18)2-1-5-15-17/h1-5,8,16H,6-7H2. The van der Waals surface area contributed by atoms with Crippen LogP contribution in [0.4, 0.5) is 0 Å². The van der Waals surface area contributed by atoms with Crippen LogP contribution in [0.2, 0.25) is 10.0 Å². The molecule has 1 aromatic carbocycles. The molecule has 0 unspecified atom stereocenters. The lowest BCUT2D eigenvalue weighted by Gasteiger charge is -2.08. The Labute approximate surface area is 131 Å². The Morgan fingerprint density at radius 2 is 1.95 bits per heavy atom. The Balaban J connectivity index is 2.06. The van der Waals surface area contributed by atoms with Crippen molar-refractivity contribution in [2.45, 2.75) is 11.4 Å². The summed E-state index contributed by atoms with van der Waals surface area (Å²) in [6.45, 7) is 0.153. The van der Waals surface area contributed by atoms with Crippen molar-refractivity contribution in [3.63, 3.8) is 0 Å². The molecule has 112 valence electrons. The first-order chi connectivity index (χ1) is 9.90. The first-order valence-electron chi connectivity index (χ1n) is 5.87. The van der Waals surface area contributed by atoms with Crippen LogP contribution in [-0.2, 0) is 16.6 Å². The topological polar surface area (TPSA) is 81.1 Å². The highest BCUT2D eigenvalue weighted by molar-refractivity contribution is 7.89. The highest BCUT2D eigenvalue weighted by atomic mass is 35.5. The van der Waals surface area contributed by atoms with E-state index in [0.717, 1.165) is 4.68 Å². The molecule has 21 heavy (non-hydrogen) atoms. The molecule has 2 rings (SSSR count). The first-order valence-corrected chi connectivity index (χ1v) is 8.11. The van der Waals surface area contributed by atoms with Crippen molar-refractivity contribution in [3.05, 3.63) is 56.9 Å². The van der Waals surface area contributed by atoms with Crippen LogP contribution < -0.4 is 10.3 Å². The van der Waals surface area contributed by atoms with E-state index in [1.165, 1.54) is 36.5 Å². The van der Waals surface area contributed by atoms with Crippen LogP contribution in [0.5, 0.6) is 0 Å². The largest absolute Gasteiger partial charge is 0.268 e. The summed E-state index contributed by atoms with van der Waals surface area (Å²) in [6.07, 6.45) is 1.45. The highest BCUT2D eigenvalue weighted by Gasteiger charge is 2.15. The van der Waals surface area contributed by atoms with Crippen molar-refractivity contribution >= 4 is 33.2 Å². The van der Waals surface area contributed by atoms with E-state index >= 15 is 0 Å². The van der Waals surface area contributed by atoms with E-state index in [4.69, 9.17) is 23.2 Å². The lowest BCUT2D eigenvalue weighted by molar-refractivity contribution is 0.547. The van der Waals surface area contributed by atoms with E-state index in [0.29, 0.717) is 0 Å². The zero-order valence-corrected chi connectivity index (χ0v) is 13.0. The molecule has 9 heteroatoms. The van der Waals surface area contributed by atoms with E-state index in [1.807, 2.05) is 0 Å². The number of rotatable bonds is 5. The third-order valence-electron chi connectivity index (χ3n) is 2.60. The summed E-state index contributed by atoms with van der Waals surface area (Å²) in [6, 6.07) is 6.88. The number of hydrogen-bond donors (Lipinski definition) is 1. The van der Waals surface area contributed by atoms with Crippen molar-refractivity contribution in [2.24, 2.45) is 0 Å². The van der Waals surface area contributed by atoms with Crippen LogP contribution in [0, 0.1) is 0 Å². The summed E-state index contributed by atoms with van der Waals surface area (Å²) in [4.78, 5) is 11.4. The summed E-state index contributed by atoms with van der Waals surface area (Å²) >= 11 is 11.5. The lowest BCUT2D eigenvalue weighted by atomic mass is 10.4. The Morgan fingerprint density at radius 1 is 1.19 bits per heavy atom. The van der Waals surface area contributed by atoms with Gasteiger partial charge in [-0.25, -0.2) is 17.8 Å². The van der Waals surface area contributed by atoms with Gasteiger partial charge in [-0.15, -0.1) is 0 Å². The second kappa shape index (κ2) is 6.57. The van der Waals surface area contributed by atoms with Gasteiger partial charge in [-0.2, -0.15) is 5.10 Å². The van der Waals surface area contributed by atoms with Crippen molar-refractivity contribution in [1.82, 2.24) is 14.5 Å². The Hall–Kier alpha value is -1.41. The average Bonchev–Trinajstić information content (AvgIpc) is 2.44. The predicted octanol–water partition coefficient (Wildman–Crippen LogP) is 1.53. The van der Waals surface area contributed by atoms with Crippen LogP contribution >= 0.6 is 23.2 Å². The Kier molecular flexibility index (Phi) is 5.00. The molecular formula is C12H11Cl2N3O3S. The molecule has 0 aliphatic heterocycles. The molecule has 0 saturated heterocycles. The molecule has 0 radical (unpaired) electrons. The van der Waals surface area contributed by atoms with E-state index in [-0.39, 0.29) is 33.6 Å². The fraction of sp³-hybridized carbons (Fsp3) is 0.167. The number of aromatic nitrogens is 2. The summed E-state index contributed by atoms with van der Waals surface area (Å²) in [5.74, 6) is 0. The molecule has 0 bridgehead atoms. The van der Waals surface area contributed by atoms with E-state index in [2.05, 4.69) is 9.82 Å². The van der Waals surface area contributed by atoms with Gasteiger partial charge in [0.25, 0.3) is 5.56 Å². The van der Waals surface area contributed by atoms with Crippen LogP contribution in [0.3, 0.4) is 0 Å². The summed E-state index contributed by atoms with van der Waals surface area (Å²) < 4.78 is 27.6. The molecule has 0 saturated carbocycles. The maximum atomic E-state index is 12.1. The number of sulfonamides is 1. The quantitative estimate of drug-likeness (QED) is 0.889. The van der Waals surface area contributed by atoms with Gasteiger partial charge in [0.1, 0.15) is 0 Å². The van der Waals surface area contributed by atoms with Crippen molar-refractivity contribution in [2.75, 3.05) is 6.54 Å². The van der Waals surface area contributed by atoms with Gasteiger partial charge in [-0.1, -0.05) is 23.2 Å². The zero-order valence-electron chi connectivity index (χ0n) is 10.7. The predicted molar refractivity (Wildman–Crippen MR) is 80.1 cm³/mol. The SMILES string of the molecule is O=c1cccnn1CCNS(=O)(=O)c1ccc(Cl)c(Cl)c1. The third-order valence-corrected chi connectivity index (χ3v) is 4.80. The number of benzene rings is 1. The normalized spacial score (nSPS) is 11.5. The van der Waals surface area contributed by atoms with Crippen molar-refractivity contribution < 1.29 is 8.42 Å². The average molecular weight is 348 g/mol. The molecule has 2 aromatic rings. The van der Waals surface area contributed by atoms with Crippen LogP contribution in [-0.4, -0.2) is 24.7 Å². The maximum absolute atomic E-state index is 12.1. The van der Waals surface area contributed by atoms with E-state index in [9.17, 15) is 13.2 Å². The zero-order chi connectivity index (χ0) is 15.5. The fourth-order valence-electron chi connectivity index (χ4n) is 1.57. The molecule has 0 amide bonds. The first kappa shape index (κ1) is 16.0. The van der Waals surface area contributed by atoms with Gasteiger partial charge in [0.15, 0.2) is 0 Å². The Bertz CT molecular complexity index is 805. The molecule has 1 N–H and O–H groups in total. The monoisotopic (exact) mass is 347 g/mol. The molecule has 1 heterocycles. The number of nitrogens with zero attached hydrogens (tertiary/aromatic N) is 2. The second-order valence-electron chi connectivity index (χ2n) is 4.06. The minimum absolute atomic E-state index is 0.00488. The molecule has 0 fully saturated rings. The number of hydrogen-bond acceptors (Lipinski definition) is 4. The molecular weight excluding hydrogens is 337 g/mol. The minimum Gasteiger partial charge on any atom is -0.268 e. The van der Waals surface area contributed by atoms with Crippen LogP contribution in [0.25, 0.3) is 0 Å². The van der Waals surface area contributed by atoms with Gasteiger partial charge in [-0.3, -0.25) is 4.79 Å². The van der Waals surface area contributed by atoms with E-state index in [1.54, 1.807) is 0 Å². The van der Waals surface area contributed by atoms with Crippen molar-refractivity contribution in [1.29, 1.82) is 0 Å². The third kappa shape index (κ3) is 4.04. The maximum Gasteiger partial charge on any atom is 0.266 e. The van der Waals surface area contributed by atoms with Gasteiger partial charge < -0.3 is 0 Å². The van der Waals surface area contributed by atoms with Crippen LogP contribution in [0.15, 0.2) is 46.2 Å². The highest BCUT2D eigenvalue weighted by Crippen LogP contribution is 2.24. The number of halogens is 2. The molecule has 0 spiro atoms. The molecule has 1 aromatic heterocycles. The molecule has 0 atom stereocenters. The Morgan fingerprint density at radius 3 is 2.62 bits per heavy atom. The van der Waals surface area contributed by atoms with Crippen molar-refractivity contribution in [3.8, 4) is 0 Å². The summed E-state index contributed by atoms with van der Waals surface area (Å²) in [5.41, 5.74) is -0.300. The molecule has 6 nitrogen and oxygen atoms in total. The van der Waals surface area contributed by atoms with Gasteiger partial charge in [0, 0.05) is 18.8 Å². The summed E-state index contributed by atoms with van der Waals surface area (Å²) in [7, 11) is -3.72. The van der Waals surface area contributed by atoms with E-state index < -0.39 is 10.0 Å². The van der Waals surface area contributed by atoms with Gasteiger partial charge in [0.2, 0.25) is 10.0 Å². The minimum atomic E-state index is -3.72. The molecule has 0 aliphatic carbocycles. The van der Waals surface area contributed by atoms with Gasteiger partial charge >= 0.3 is 0 Å². The summed E-state index contributed by atoms with van der Waals surface area (Å²) in [5, 5.41) is 4.25.